The van der Waals surface area contributed by atoms with E-state index in [4.69, 9.17) is 9.47 Å². The molecule has 0 spiro atoms. The predicted octanol–water partition coefficient (Wildman–Crippen LogP) is 1.18. The van der Waals surface area contributed by atoms with E-state index in [1.807, 2.05) is 0 Å². The first-order valence-corrected chi connectivity index (χ1v) is 8.12. The third kappa shape index (κ3) is 4.44. The molecule has 1 N–H and O–H groups in total. The topological polar surface area (TPSA) is 111 Å². The first-order chi connectivity index (χ1) is 12.0. The second-order valence-electron chi connectivity index (χ2n) is 5.98. The molecule has 2 fully saturated rings. The minimum atomic E-state index is -0.761. The van der Waals surface area contributed by atoms with Crippen molar-refractivity contribution in [3.63, 3.8) is 0 Å². The summed E-state index contributed by atoms with van der Waals surface area (Å²) in [5.41, 5.74) is 0.247. The van der Waals surface area contributed by atoms with Crippen molar-refractivity contribution in [1.29, 1.82) is 0 Å². The Hall–Kier alpha value is -2.68. The van der Waals surface area contributed by atoms with E-state index in [2.05, 4.69) is 5.32 Å². The minimum Gasteiger partial charge on any atom is -0.452 e. The number of carbonyl (C=O) groups excluding carboxylic acids is 2. The maximum Gasteiger partial charge on any atom is 0.338 e. The highest BCUT2D eigenvalue weighted by molar-refractivity contribution is 5.93. The molecule has 0 unspecified atom stereocenters. The Bertz CT molecular complexity index is 682. The van der Waals surface area contributed by atoms with Crippen molar-refractivity contribution in [2.24, 2.45) is 0 Å². The maximum atomic E-state index is 12.1. The number of rotatable bonds is 6. The van der Waals surface area contributed by atoms with Gasteiger partial charge in [-0.2, -0.15) is 0 Å². The molecule has 1 saturated heterocycles. The van der Waals surface area contributed by atoms with E-state index in [1.54, 1.807) is 4.90 Å². The number of nitro groups is 1. The molecule has 25 heavy (non-hydrogen) atoms. The van der Waals surface area contributed by atoms with Crippen LogP contribution < -0.4 is 5.32 Å². The van der Waals surface area contributed by atoms with Crippen LogP contribution in [-0.2, 0) is 14.3 Å². The molecule has 1 aromatic rings. The number of nitro benzene ring substituents is 1. The van der Waals surface area contributed by atoms with Crippen molar-refractivity contribution < 1.29 is 24.0 Å². The molecule has 1 saturated carbocycles. The van der Waals surface area contributed by atoms with E-state index in [9.17, 15) is 19.7 Å². The molecule has 9 heteroatoms. The molecule has 0 radical (unpaired) electrons. The van der Waals surface area contributed by atoms with Gasteiger partial charge in [0.05, 0.1) is 23.7 Å². The number of ether oxygens (including phenoxy) is 2. The predicted molar refractivity (Wildman–Crippen MR) is 87.4 cm³/mol. The number of esters is 1. The SMILES string of the molecule is O=C(OCC(=O)N1CCOCC1)c1ccc(NC2CC2)c([N+](=O)[O-])c1. The highest BCUT2D eigenvalue weighted by Crippen LogP contribution is 2.31. The van der Waals surface area contributed by atoms with Crippen LogP contribution in [0.1, 0.15) is 23.2 Å². The molecule has 0 atom stereocenters. The average Bonchev–Trinajstić information content (AvgIpc) is 3.44. The lowest BCUT2D eigenvalue weighted by molar-refractivity contribution is -0.384. The van der Waals surface area contributed by atoms with E-state index < -0.39 is 17.5 Å². The van der Waals surface area contributed by atoms with Crippen molar-refractivity contribution in [2.45, 2.75) is 18.9 Å². The number of amides is 1. The summed E-state index contributed by atoms with van der Waals surface area (Å²) in [7, 11) is 0. The van der Waals surface area contributed by atoms with Gasteiger partial charge in [-0.15, -0.1) is 0 Å². The van der Waals surface area contributed by atoms with E-state index >= 15 is 0 Å². The van der Waals surface area contributed by atoms with Crippen molar-refractivity contribution in [2.75, 3.05) is 38.2 Å². The molecule has 134 valence electrons. The van der Waals surface area contributed by atoms with E-state index in [0.717, 1.165) is 12.8 Å². The molecule has 2 aliphatic rings. The van der Waals surface area contributed by atoms with Gasteiger partial charge in [-0.25, -0.2) is 4.79 Å². The molecular weight excluding hydrogens is 330 g/mol. The number of morpholine rings is 1. The van der Waals surface area contributed by atoms with Gasteiger partial charge in [0.25, 0.3) is 11.6 Å². The normalized spacial score (nSPS) is 17.0. The number of hydrogen-bond acceptors (Lipinski definition) is 7. The fourth-order valence-electron chi connectivity index (χ4n) is 2.49. The number of nitrogens with one attached hydrogen (secondary N) is 1. The van der Waals surface area contributed by atoms with Crippen molar-refractivity contribution >= 4 is 23.3 Å². The van der Waals surface area contributed by atoms with Crippen LogP contribution in [0.5, 0.6) is 0 Å². The zero-order chi connectivity index (χ0) is 17.8. The molecular formula is C16H19N3O6. The standard InChI is InChI=1S/C16H19N3O6/c20-15(18-5-7-24-8-6-18)10-25-16(21)11-1-4-13(17-12-2-3-12)14(9-11)19(22)23/h1,4,9,12,17H,2-3,5-8,10H2. The largest absolute Gasteiger partial charge is 0.452 e. The van der Waals surface area contributed by atoms with Crippen LogP contribution >= 0.6 is 0 Å². The molecule has 0 aromatic heterocycles. The quantitative estimate of drug-likeness (QED) is 0.466. The van der Waals surface area contributed by atoms with Crippen molar-refractivity contribution in [3.05, 3.63) is 33.9 Å². The number of carbonyl (C=O) groups is 2. The molecule has 9 nitrogen and oxygen atoms in total. The Morgan fingerprint density at radius 3 is 2.68 bits per heavy atom. The van der Waals surface area contributed by atoms with Crippen LogP contribution in [0, 0.1) is 10.1 Å². The monoisotopic (exact) mass is 349 g/mol. The van der Waals surface area contributed by atoms with Crippen LogP contribution in [0.25, 0.3) is 0 Å². The molecule has 1 aliphatic heterocycles. The summed E-state index contributed by atoms with van der Waals surface area (Å²) < 4.78 is 10.1. The van der Waals surface area contributed by atoms with Gasteiger partial charge in [0.1, 0.15) is 5.69 Å². The highest BCUT2D eigenvalue weighted by atomic mass is 16.6. The molecule has 1 heterocycles. The number of anilines is 1. The first kappa shape index (κ1) is 17.2. The van der Waals surface area contributed by atoms with Gasteiger partial charge in [0.15, 0.2) is 6.61 Å². The Balaban J connectivity index is 1.61. The van der Waals surface area contributed by atoms with E-state index in [-0.39, 0.29) is 23.2 Å². The number of benzene rings is 1. The van der Waals surface area contributed by atoms with Crippen LogP contribution in [0.4, 0.5) is 11.4 Å². The second kappa shape index (κ2) is 7.47. The Kier molecular flexibility index (Phi) is 5.13. The van der Waals surface area contributed by atoms with Gasteiger partial charge in [-0.05, 0) is 25.0 Å². The zero-order valence-electron chi connectivity index (χ0n) is 13.6. The summed E-state index contributed by atoms with van der Waals surface area (Å²) in [6.07, 6.45) is 1.95. The lowest BCUT2D eigenvalue weighted by Gasteiger charge is -2.26. The smallest absolute Gasteiger partial charge is 0.338 e. The van der Waals surface area contributed by atoms with Crippen molar-refractivity contribution in [1.82, 2.24) is 4.90 Å². The lowest BCUT2D eigenvalue weighted by atomic mass is 10.1. The van der Waals surface area contributed by atoms with E-state index in [0.29, 0.717) is 32.0 Å². The van der Waals surface area contributed by atoms with Crippen LogP contribution in [0.2, 0.25) is 0 Å². The zero-order valence-corrected chi connectivity index (χ0v) is 13.6. The van der Waals surface area contributed by atoms with Gasteiger partial charge >= 0.3 is 5.97 Å². The Morgan fingerprint density at radius 2 is 2.04 bits per heavy atom. The summed E-state index contributed by atoms with van der Waals surface area (Å²) in [6.45, 7) is 1.45. The molecule has 0 bridgehead atoms. The van der Waals surface area contributed by atoms with Crippen LogP contribution in [0.3, 0.4) is 0 Å². The molecule has 1 amide bonds. The average molecular weight is 349 g/mol. The van der Waals surface area contributed by atoms with Gasteiger partial charge in [-0.3, -0.25) is 14.9 Å². The van der Waals surface area contributed by atoms with Gasteiger partial charge in [-0.1, -0.05) is 0 Å². The molecule has 1 aromatic carbocycles. The van der Waals surface area contributed by atoms with Gasteiger partial charge in [0.2, 0.25) is 0 Å². The summed E-state index contributed by atoms with van der Waals surface area (Å²) in [5.74, 6) is -1.07. The minimum absolute atomic E-state index is 0.0443. The molecule has 3 rings (SSSR count). The van der Waals surface area contributed by atoms with E-state index in [1.165, 1.54) is 18.2 Å². The van der Waals surface area contributed by atoms with Crippen LogP contribution in [-0.4, -0.2) is 60.7 Å². The fraction of sp³-hybridized carbons (Fsp3) is 0.500. The fourth-order valence-corrected chi connectivity index (χ4v) is 2.49. The van der Waals surface area contributed by atoms with Gasteiger partial charge in [0, 0.05) is 25.2 Å². The Morgan fingerprint density at radius 1 is 1.32 bits per heavy atom. The van der Waals surface area contributed by atoms with Crippen LogP contribution in [0.15, 0.2) is 18.2 Å². The summed E-state index contributed by atoms with van der Waals surface area (Å²) in [6, 6.07) is 4.38. The number of hydrogen-bond donors (Lipinski definition) is 1. The summed E-state index contributed by atoms with van der Waals surface area (Å²) in [5, 5.41) is 14.3. The highest BCUT2D eigenvalue weighted by Gasteiger charge is 2.26. The second-order valence-corrected chi connectivity index (χ2v) is 5.98. The summed E-state index contributed by atoms with van der Waals surface area (Å²) >= 11 is 0. The van der Waals surface area contributed by atoms with Gasteiger partial charge < -0.3 is 19.7 Å². The maximum absolute atomic E-state index is 12.1. The number of nitrogens with zero attached hydrogens (tertiary/aromatic N) is 2. The molecule has 1 aliphatic carbocycles. The van der Waals surface area contributed by atoms with Crippen molar-refractivity contribution in [3.8, 4) is 0 Å². The summed E-state index contributed by atoms with van der Waals surface area (Å²) in [4.78, 5) is 36.3. The lowest BCUT2D eigenvalue weighted by Crippen LogP contribution is -2.42. The third-order valence-corrected chi connectivity index (χ3v) is 4.06. The first-order valence-electron chi connectivity index (χ1n) is 8.12. The Labute approximate surface area is 144 Å². The third-order valence-electron chi connectivity index (χ3n) is 4.06.